The van der Waals surface area contributed by atoms with Gasteiger partial charge in [0.25, 0.3) is 4.82 Å². The van der Waals surface area contributed by atoms with Gasteiger partial charge in [0.1, 0.15) is 5.75 Å². The van der Waals surface area contributed by atoms with Crippen LogP contribution in [0.1, 0.15) is 5.56 Å². The summed E-state index contributed by atoms with van der Waals surface area (Å²) < 4.78 is 5.06. The lowest BCUT2D eigenvalue weighted by Gasteiger charge is -2.10. The van der Waals surface area contributed by atoms with Gasteiger partial charge in [-0.05, 0) is 18.6 Å². The van der Waals surface area contributed by atoms with Gasteiger partial charge in [-0.25, -0.2) is 0 Å². The highest BCUT2D eigenvalue weighted by Crippen LogP contribution is 2.31. The second-order valence-corrected chi connectivity index (χ2v) is 3.83. The molecule has 1 aromatic carbocycles. The number of hydrogen-bond acceptors (Lipinski definition) is 2. The third kappa shape index (κ3) is 2.62. The number of rotatable bonds is 2. The van der Waals surface area contributed by atoms with Crippen LogP contribution in [0.15, 0.2) is 12.1 Å². The highest BCUT2D eigenvalue weighted by molar-refractivity contribution is 9.18. The van der Waals surface area contributed by atoms with E-state index >= 15 is 0 Å². The molecule has 1 rings (SSSR count). The Kier molecular flexibility index (Phi) is 3.77. The Labute approximate surface area is 95.5 Å². The predicted octanol–water partition coefficient (Wildman–Crippen LogP) is 3.58. The van der Waals surface area contributed by atoms with E-state index in [1.807, 2.05) is 6.92 Å². The third-order valence-electron chi connectivity index (χ3n) is 1.71. The average molecular weight is 279 g/mol. The van der Waals surface area contributed by atoms with E-state index < -0.39 is 0 Å². The zero-order chi connectivity index (χ0) is 10.7. The summed E-state index contributed by atoms with van der Waals surface area (Å²) in [6, 6.07) is 3.41. The summed E-state index contributed by atoms with van der Waals surface area (Å²) in [7, 11) is 1.52. The minimum absolute atomic E-state index is 0.322. The van der Waals surface area contributed by atoms with Crippen molar-refractivity contribution in [2.45, 2.75) is 6.92 Å². The maximum absolute atomic E-state index is 10.8. The van der Waals surface area contributed by atoms with Crippen LogP contribution in [-0.2, 0) is 0 Å². The quantitative estimate of drug-likeness (QED) is 0.663. The Morgan fingerprint density at radius 2 is 2.21 bits per heavy atom. The van der Waals surface area contributed by atoms with Crippen molar-refractivity contribution in [3.05, 3.63) is 22.7 Å². The first-order valence-electron chi connectivity index (χ1n) is 3.85. The van der Waals surface area contributed by atoms with Gasteiger partial charge in [-0.1, -0.05) is 11.6 Å². The van der Waals surface area contributed by atoms with E-state index in [0.717, 1.165) is 5.56 Å². The molecule has 3 nitrogen and oxygen atoms in total. The van der Waals surface area contributed by atoms with Crippen LogP contribution in [0.3, 0.4) is 0 Å². The van der Waals surface area contributed by atoms with E-state index in [2.05, 4.69) is 21.2 Å². The summed E-state index contributed by atoms with van der Waals surface area (Å²) in [5, 5.41) is 3.19. The van der Waals surface area contributed by atoms with Gasteiger partial charge in [0.15, 0.2) is 0 Å². The Bertz CT molecular complexity index is 368. The summed E-state index contributed by atoms with van der Waals surface area (Å²) in [4.78, 5) is 10.5. The van der Waals surface area contributed by atoms with Gasteiger partial charge >= 0.3 is 0 Å². The van der Waals surface area contributed by atoms with Crippen molar-refractivity contribution in [1.82, 2.24) is 0 Å². The molecule has 0 saturated carbocycles. The molecule has 0 aliphatic heterocycles. The summed E-state index contributed by atoms with van der Waals surface area (Å²) in [6.45, 7) is 1.85. The van der Waals surface area contributed by atoms with E-state index in [9.17, 15) is 4.79 Å². The lowest BCUT2D eigenvalue weighted by molar-refractivity contribution is 0.270. The van der Waals surface area contributed by atoms with E-state index in [4.69, 9.17) is 16.3 Å². The molecule has 0 heterocycles. The Morgan fingerprint density at radius 3 is 2.71 bits per heavy atom. The molecule has 0 aliphatic rings. The number of halogens is 2. The number of amides is 1. The number of anilines is 1. The average Bonchev–Trinajstić information content (AvgIpc) is 2.10. The Balaban J connectivity index is 3.13. The zero-order valence-electron chi connectivity index (χ0n) is 7.73. The van der Waals surface area contributed by atoms with Gasteiger partial charge in [-0.2, -0.15) is 0 Å². The topological polar surface area (TPSA) is 38.3 Å². The number of nitrogens with one attached hydrogen (secondary N) is 1. The molecule has 0 radical (unpaired) electrons. The van der Waals surface area contributed by atoms with Gasteiger partial charge in [-0.3, -0.25) is 4.79 Å². The molecule has 1 N–H and O–H groups in total. The molecular weight excluding hydrogens is 269 g/mol. The number of aryl methyl sites for hydroxylation is 1. The standard InChI is InChI=1S/C9H9BrClNO2/c1-5-3-7(12-9(10)13)8(14-2)4-6(5)11/h3-4H,1-2H3,(H,12,13). The first-order valence-corrected chi connectivity index (χ1v) is 5.02. The van der Waals surface area contributed by atoms with Gasteiger partial charge in [0.05, 0.1) is 12.8 Å². The van der Waals surface area contributed by atoms with Crippen LogP contribution < -0.4 is 10.1 Å². The lowest BCUT2D eigenvalue weighted by Crippen LogP contribution is -2.03. The first kappa shape index (κ1) is 11.3. The third-order valence-corrected chi connectivity index (χ3v) is 2.32. The van der Waals surface area contributed by atoms with Crippen molar-refractivity contribution in [2.75, 3.05) is 12.4 Å². The van der Waals surface area contributed by atoms with Crippen LogP contribution in [0.2, 0.25) is 5.02 Å². The van der Waals surface area contributed by atoms with Crippen LogP contribution in [0.5, 0.6) is 5.75 Å². The van der Waals surface area contributed by atoms with Gasteiger partial charge in [-0.15, -0.1) is 0 Å². The van der Waals surface area contributed by atoms with Crippen molar-refractivity contribution >= 4 is 38.0 Å². The lowest BCUT2D eigenvalue weighted by atomic mass is 10.2. The van der Waals surface area contributed by atoms with Crippen molar-refractivity contribution in [1.29, 1.82) is 0 Å². The fourth-order valence-electron chi connectivity index (χ4n) is 1.04. The molecule has 14 heavy (non-hydrogen) atoms. The van der Waals surface area contributed by atoms with Crippen molar-refractivity contribution in [2.24, 2.45) is 0 Å². The summed E-state index contributed by atoms with van der Waals surface area (Å²) >= 11 is 8.68. The summed E-state index contributed by atoms with van der Waals surface area (Å²) in [5.74, 6) is 0.536. The van der Waals surface area contributed by atoms with E-state index in [1.165, 1.54) is 7.11 Å². The highest BCUT2D eigenvalue weighted by atomic mass is 79.9. The molecule has 0 spiro atoms. The second-order valence-electron chi connectivity index (χ2n) is 2.70. The van der Waals surface area contributed by atoms with Crippen LogP contribution in [0, 0.1) is 6.92 Å². The van der Waals surface area contributed by atoms with Crippen molar-refractivity contribution < 1.29 is 9.53 Å². The molecule has 0 aromatic heterocycles. The first-order chi connectivity index (χ1) is 6.54. The minimum Gasteiger partial charge on any atom is -0.495 e. The monoisotopic (exact) mass is 277 g/mol. The molecule has 0 unspecified atom stereocenters. The minimum atomic E-state index is -0.322. The number of hydrogen-bond donors (Lipinski definition) is 1. The van der Waals surface area contributed by atoms with Crippen molar-refractivity contribution in [3.63, 3.8) is 0 Å². The molecule has 76 valence electrons. The largest absolute Gasteiger partial charge is 0.495 e. The second kappa shape index (κ2) is 4.66. The van der Waals surface area contributed by atoms with Crippen LogP contribution in [0.25, 0.3) is 0 Å². The van der Waals surface area contributed by atoms with Gasteiger partial charge in [0, 0.05) is 27.0 Å². The number of carbonyl (C=O) groups excluding carboxylic acids is 1. The maximum Gasteiger partial charge on any atom is 0.291 e. The smallest absolute Gasteiger partial charge is 0.291 e. The van der Waals surface area contributed by atoms with Crippen molar-refractivity contribution in [3.8, 4) is 5.75 Å². The fourth-order valence-corrected chi connectivity index (χ4v) is 1.40. The molecule has 0 saturated heterocycles. The molecule has 0 aliphatic carbocycles. The molecule has 1 amide bonds. The van der Waals surface area contributed by atoms with E-state index in [1.54, 1.807) is 12.1 Å². The van der Waals surface area contributed by atoms with E-state index in [-0.39, 0.29) is 4.82 Å². The maximum atomic E-state index is 10.8. The normalized spacial score (nSPS) is 9.71. The Morgan fingerprint density at radius 1 is 1.57 bits per heavy atom. The van der Waals surface area contributed by atoms with E-state index in [0.29, 0.717) is 16.5 Å². The number of carbonyl (C=O) groups is 1. The number of methoxy groups -OCH3 is 1. The van der Waals surface area contributed by atoms with Crippen LogP contribution in [0.4, 0.5) is 10.5 Å². The number of benzene rings is 1. The summed E-state index contributed by atoms with van der Waals surface area (Å²) in [5.41, 5.74) is 1.47. The van der Waals surface area contributed by atoms with Crippen LogP contribution >= 0.6 is 27.5 Å². The van der Waals surface area contributed by atoms with Gasteiger partial charge in [0.2, 0.25) is 0 Å². The molecule has 5 heteroatoms. The highest BCUT2D eigenvalue weighted by Gasteiger charge is 2.08. The molecular formula is C9H9BrClNO2. The number of ether oxygens (including phenoxy) is 1. The van der Waals surface area contributed by atoms with Crippen LogP contribution in [-0.4, -0.2) is 11.9 Å². The van der Waals surface area contributed by atoms with Gasteiger partial charge < -0.3 is 10.1 Å². The zero-order valence-corrected chi connectivity index (χ0v) is 10.1. The predicted molar refractivity (Wildman–Crippen MR) is 60.7 cm³/mol. The summed E-state index contributed by atoms with van der Waals surface area (Å²) in [6.07, 6.45) is 0. The molecule has 0 fully saturated rings. The molecule has 1 aromatic rings. The molecule has 0 atom stereocenters. The SMILES string of the molecule is COc1cc(Cl)c(C)cc1NC(=O)Br. The fraction of sp³-hybridized carbons (Fsp3) is 0.222. The molecule has 0 bridgehead atoms. The Hall–Kier alpha value is -0.740.